The van der Waals surface area contributed by atoms with E-state index < -0.39 is 0 Å². The van der Waals surface area contributed by atoms with Gasteiger partial charge in [-0.25, -0.2) is 0 Å². The molecule has 108 valence electrons. The molecule has 0 bridgehead atoms. The molecule has 0 saturated heterocycles. The summed E-state index contributed by atoms with van der Waals surface area (Å²) in [5.41, 5.74) is 0. The minimum absolute atomic E-state index is 0. The predicted molar refractivity (Wildman–Crippen MR) is 89.9 cm³/mol. The van der Waals surface area contributed by atoms with E-state index in [-0.39, 0.29) is 24.0 Å². The number of likely N-dealkylation sites (N-methyl/N-ethyl adjacent to an activating group) is 1. The Kier molecular flexibility index (Phi) is 9.81. The van der Waals surface area contributed by atoms with Gasteiger partial charge in [0.15, 0.2) is 5.96 Å². The lowest BCUT2D eigenvalue weighted by molar-refractivity contribution is 0.259. The zero-order valence-corrected chi connectivity index (χ0v) is 14.5. The van der Waals surface area contributed by atoms with Crippen molar-refractivity contribution < 1.29 is 0 Å². The molecule has 1 aliphatic carbocycles. The number of guanidine groups is 1. The van der Waals surface area contributed by atoms with E-state index in [1.807, 2.05) is 0 Å². The minimum Gasteiger partial charge on any atom is -0.357 e. The molecule has 0 aromatic rings. The van der Waals surface area contributed by atoms with Crippen LogP contribution in [0, 0.1) is 0 Å². The van der Waals surface area contributed by atoms with E-state index in [1.165, 1.54) is 19.3 Å². The van der Waals surface area contributed by atoms with Gasteiger partial charge < -0.3 is 15.5 Å². The van der Waals surface area contributed by atoms with Gasteiger partial charge in [-0.15, -0.1) is 24.0 Å². The van der Waals surface area contributed by atoms with Crippen LogP contribution in [0.15, 0.2) is 4.99 Å². The number of nitrogens with zero attached hydrogens (tertiary/aromatic N) is 2. The average molecular weight is 368 g/mol. The predicted octanol–water partition coefficient (Wildman–Crippen LogP) is 2.05. The molecule has 0 aliphatic heterocycles. The Hall–Kier alpha value is -0.0400. The maximum Gasteiger partial charge on any atom is 0.191 e. The van der Waals surface area contributed by atoms with Crippen LogP contribution in [-0.2, 0) is 0 Å². The van der Waals surface area contributed by atoms with Gasteiger partial charge in [-0.1, -0.05) is 6.92 Å². The van der Waals surface area contributed by atoms with Gasteiger partial charge in [-0.05, 0) is 40.2 Å². The standard InChI is InChI=1S/C13H28N4.HI/c1-5-11(3)17(4)10-9-15-13(14-6-2)16-12-7-8-12;/h11-12H,5-10H2,1-4H3,(H2,14,15,16);1H. The van der Waals surface area contributed by atoms with Crippen molar-refractivity contribution in [2.75, 3.05) is 26.7 Å². The van der Waals surface area contributed by atoms with Crippen LogP contribution in [0.5, 0.6) is 0 Å². The zero-order chi connectivity index (χ0) is 12.7. The average Bonchev–Trinajstić information content (AvgIpc) is 3.12. The second-order valence-corrected chi connectivity index (χ2v) is 4.92. The molecule has 1 atom stereocenters. The lowest BCUT2D eigenvalue weighted by Crippen LogP contribution is -2.39. The summed E-state index contributed by atoms with van der Waals surface area (Å²) < 4.78 is 0. The molecule has 1 fully saturated rings. The van der Waals surface area contributed by atoms with Crippen molar-refractivity contribution in [3.05, 3.63) is 0 Å². The molecule has 4 nitrogen and oxygen atoms in total. The topological polar surface area (TPSA) is 39.7 Å². The fourth-order valence-corrected chi connectivity index (χ4v) is 1.59. The third-order valence-corrected chi connectivity index (χ3v) is 3.33. The summed E-state index contributed by atoms with van der Waals surface area (Å²) >= 11 is 0. The Morgan fingerprint density at radius 3 is 2.56 bits per heavy atom. The molecule has 0 heterocycles. The highest BCUT2D eigenvalue weighted by molar-refractivity contribution is 14.0. The lowest BCUT2D eigenvalue weighted by Gasteiger charge is -2.22. The Morgan fingerprint density at radius 2 is 2.06 bits per heavy atom. The quantitative estimate of drug-likeness (QED) is 0.411. The first kappa shape index (κ1) is 18.0. The molecule has 0 spiro atoms. The van der Waals surface area contributed by atoms with Crippen LogP contribution >= 0.6 is 24.0 Å². The number of hydrogen-bond acceptors (Lipinski definition) is 2. The van der Waals surface area contributed by atoms with Crippen molar-refractivity contribution in [1.82, 2.24) is 15.5 Å². The minimum atomic E-state index is 0. The molecule has 18 heavy (non-hydrogen) atoms. The first-order valence-electron chi connectivity index (χ1n) is 6.92. The second-order valence-electron chi connectivity index (χ2n) is 4.92. The van der Waals surface area contributed by atoms with Gasteiger partial charge in [0.05, 0.1) is 6.54 Å². The third-order valence-electron chi connectivity index (χ3n) is 3.33. The summed E-state index contributed by atoms with van der Waals surface area (Å²) in [5, 5.41) is 6.72. The van der Waals surface area contributed by atoms with E-state index in [9.17, 15) is 0 Å². The van der Waals surface area contributed by atoms with Crippen LogP contribution in [0.1, 0.15) is 40.0 Å². The number of hydrogen-bond donors (Lipinski definition) is 2. The third kappa shape index (κ3) is 7.41. The molecule has 0 aromatic carbocycles. The van der Waals surface area contributed by atoms with Crippen LogP contribution < -0.4 is 10.6 Å². The zero-order valence-electron chi connectivity index (χ0n) is 12.2. The molecule has 0 amide bonds. The monoisotopic (exact) mass is 368 g/mol. The molecule has 1 saturated carbocycles. The normalized spacial score (nSPS) is 17.3. The molecular weight excluding hydrogens is 339 g/mol. The molecule has 5 heteroatoms. The van der Waals surface area contributed by atoms with Crippen molar-refractivity contribution in [2.45, 2.75) is 52.1 Å². The highest BCUT2D eigenvalue weighted by atomic mass is 127. The van der Waals surface area contributed by atoms with E-state index in [0.717, 1.165) is 25.6 Å². The Labute approximate surface area is 129 Å². The van der Waals surface area contributed by atoms with Crippen LogP contribution in [0.2, 0.25) is 0 Å². The molecule has 1 rings (SSSR count). The fourth-order valence-electron chi connectivity index (χ4n) is 1.59. The first-order chi connectivity index (χ1) is 8.17. The van der Waals surface area contributed by atoms with Crippen molar-refractivity contribution in [2.24, 2.45) is 4.99 Å². The maximum absolute atomic E-state index is 4.60. The van der Waals surface area contributed by atoms with Gasteiger partial charge in [0.25, 0.3) is 0 Å². The maximum atomic E-state index is 4.60. The van der Waals surface area contributed by atoms with Gasteiger partial charge in [-0.2, -0.15) is 0 Å². The smallest absolute Gasteiger partial charge is 0.191 e. The summed E-state index contributed by atoms with van der Waals surface area (Å²) in [6.45, 7) is 9.41. The van der Waals surface area contributed by atoms with Crippen LogP contribution in [0.25, 0.3) is 0 Å². The number of halogens is 1. The number of nitrogens with one attached hydrogen (secondary N) is 2. The molecule has 2 N–H and O–H groups in total. The molecule has 0 aromatic heterocycles. The SMILES string of the molecule is CCNC(=NCCN(C)C(C)CC)NC1CC1.I. The summed E-state index contributed by atoms with van der Waals surface area (Å²) in [4.78, 5) is 6.97. The summed E-state index contributed by atoms with van der Waals surface area (Å²) in [5.74, 6) is 0.979. The van der Waals surface area contributed by atoms with Crippen molar-refractivity contribution in [1.29, 1.82) is 0 Å². The summed E-state index contributed by atoms with van der Waals surface area (Å²) in [7, 11) is 2.17. The fraction of sp³-hybridized carbons (Fsp3) is 0.923. The van der Waals surface area contributed by atoms with Gasteiger partial charge in [0, 0.05) is 25.2 Å². The second kappa shape index (κ2) is 9.83. The lowest BCUT2D eigenvalue weighted by atomic mass is 10.2. The molecular formula is C13H29IN4. The largest absolute Gasteiger partial charge is 0.357 e. The molecule has 1 aliphatic rings. The van der Waals surface area contributed by atoms with Gasteiger partial charge in [0.2, 0.25) is 0 Å². The Balaban J connectivity index is 0.00000289. The van der Waals surface area contributed by atoms with Crippen LogP contribution in [-0.4, -0.2) is 49.6 Å². The van der Waals surface area contributed by atoms with E-state index in [2.05, 4.69) is 48.3 Å². The van der Waals surface area contributed by atoms with E-state index >= 15 is 0 Å². The van der Waals surface area contributed by atoms with E-state index in [1.54, 1.807) is 0 Å². The molecule has 1 unspecified atom stereocenters. The summed E-state index contributed by atoms with van der Waals surface area (Å²) in [6, 6.07) is 1.31. The van der Waals surface area contributed by atoms with Gasteiger partial charge >= 0.3 is 0 Å². The number of rotatable bonds is 7. The summed E-state index contributed by atoms with van der Waals surface area (Å²) in [6.07, 6.45) is 3.77. The van der Waals surface area contributed by atoms with Gasteiger partial charge in [-0.3, -0.25) is 4.99 Å². The Bertz CT molecular complexity index is 241. The van der Waals surface area contributed by atoms with Gasteiger partial charge in [0.1, 0.15) is 0 Å². The van der Waals surface area contributed by atoms with Crippen molar-refractivity contribution >= 4 is 29.9 Å². The first-order valence-corrected chi connectivity index (χ1v) is 6.92. The van der Waals surface area contributed by atoms with Crippen LogP contribution in [0.3, 0.4) is 0 Å². The van der Waals surface area contributed by atoms with E-state index in [4.69, 9.17) is 0 Å². The Morgan fingerprint density at radius 1 is 1.39 bits per heavy atom. The van der Waals surface area contributed by atoms with Crippen molar-refractivity contribution in [3.8, 4) is 0 Å². The number of aliphatic imine (C=N–C) groups is 1. The van der Waals surface area contributed by atoms with E-state index in [0.29, 0.717) is 12.1 Å². The highest BCUT2D eigenvalue weighted by Crippen LogP contribution is 2.18. The van der Waals surface area contributed by atoms with Crippen molar-refractivity contribution in [3.63, 3.8) is 0 Å². The highest BCUT2D eigenvalue weighted by Gasteiger charge is 2.21. The molecule has 0 radical (unpaired) electrons. The van der Waals surface area contributed by atoms with Crippen LogP contribution in [0.4, 0.5) is 0 Å².